The number of rotatable bonds is 5. The van der Waals surface area contributed by atoms with Crippen LogP contribution in [-0.4, -0.2) is 24.6 Å². The first-order chi connectivity index (χ1) is 8.86. The number of nitriles is 1. The number of pyridine rings is 1. The summed E-state index contributed by atoms with van der Waals surface area (Å²) in [6.07, 6.45) is 1.62. The fourth-order valence-corrected chi connectivity index (χ4v) is 1.87. The zero-order valence-electron chi connectivity index (χ0n) is 10.4. The van der Waals surface area contributed by atoms with E-state index in [9.17, 15) is 0 Å². The van der Waals surface area contributed by atoms with Gasteiger partial charge in [-0.05, 0) is 12.6 Å². The van der Waals surface area contributed by atoms with Crippen molar-refractivity contribution < 1.29 is 0 Å². The van der Waals surface area contributed by atoms with E-state index in [1.54, 1.807) is 6.20 Å². The molecule has 0 aliphatic heterocycles. The summed E-state index contributed by atoms with van der Waals surface area (Å²) in [6, 6.07) is 10.0. The van der Waals surface area contributed by atoms with Gasteiger partial charge in [-0.3, -0.25) is 4.98 Å². The largest absolute Gasteiger partial charge is 0.382 e. The van der Waals surface area contributed by atoms with Crippen molar-refractivity contribution in [2.75, 3.05) is 25.0 Å². The zero-order valence-corrected chi connectivity index (χ0v) is 10.4. The fourth-order valence-electron chi connectivity index (χ4n) is 1.87. The molecule has 18 heavy (non-hydrogen) atoms. The van der Waals surface area contributed by atoms with E-state index in [1.165, 1.54) is 0 Å². The van der Waals surface area contributed by atoms with Crippen LogP contribution in [0.25, 0.3) is 10.9 Å². The van der Waals surface area contributed by atoms with E-state index in [-0.39, 0.29) is 0 Å². The van der Waals surface area contributed by atoms with Crippen LogP contribution in [0.2, 0.25) is 0 Å². The van der Waals surface area contributed by atoms with Gasteiger partial charge in [0, 0.05) is 24.7 Å². The molecule has 4 nitrogen and oxygen atoms in total. The molecule has 0 amide bonds. The smallest absolute Gasteiger partial charge is 0.103 e. The maximum atomic E-state index is 9.13. The summed E-state index contributed by atoms with van der Waals surface area (Å²) < 4.78 is 0. The lowest BCUT2D eigenvalue weighted by Crippen LogP contribution is -2.22. The number of benzene rings is 1. The molecule has 0 saturated carbocycles. The minimum atomic E-state index is 0.588. The molecule has 1 aromatic carbocycles. The molecule has 0 radical (unpaired) electrons. The molecular formula is C14H16N4. The molecule has 0 unspecified atom stereocenters. The van der Waals surface area contributed by atoms with Crippen molar-refractivity contribution in [3.63, 3.8) is 0 Å². The third kappa shape index (κ3) is 2.58. The van der Waals surface area contributed by atoms with Gasteiger partial charge in [-0.2, -0.15) is 5.26 Å². The number of para-hydroxylation sites is 1. The van der Waals surface area contributed by atoms with Crippen LogP contribution in [0, 0.1) is 11.3 Å². The summed E-state index contributed by atoms with van der Waals surface area (Å²) >= 11 is 0. The fraction of sp³-hybridized carbons (Fsp3) is 0.286. The Balaban J connectivity index is 2.30. The average molecular weight is 240 g/mol. The quantitative estimate of drug-likeness (QED) is 0.786. The van der Waals surface area contributed by atoms with Gasteiger partial charge in [0.25, 0.3) is 0 Å². The van der Waals surface area contributed by atoms with Crippen LogP contribution >= 0.6 is 0 Å². The van der Waals surface area contributed by atoms with Crippen molar-refractivity contribution in [1.82, 2.24) is 10.3 Å². The molecule has 0 saturated heterocycles. The summed E-state index contributed by atoms with van der Waals surface area (Å²) in [4.78, 5) is 4.28. The van der Waals surface area contributed by atoms with Crippen LogP contribution in [0.1, 0.15) is 12.5 Å². The molecule has 2 aromatic rings. The highest BCUT2D eigenvalue weighted by molar-refractivity contribution is 5.93. The van der Waals surface area contributed by atoms with E-state index >= 15 is 0 Å². The van der Waals surface area contributed by atoms with Crippen LogP contribution in [0.15, 0.2) is 30.5 Å². The first-order valence-electron chi connectivity index (χ1n) is 6.09. The third-order valence-corrected chi connectivity index (χ3v) is 2.75. The van der Waals surface area contributed by atoms with Crippen molar-refractivity contribution in [2.45, 2.75) is 6.92 Å². The highest BCUT2D eigenvalue weighted by Gasteiger charge is 2.07. The van der Waals surface area contributed by atoms with Gasteiger partial charge in [0.05, 0.1) is 16.8 Å². The van der Waals surface area contributed by atoms with Crippen molar-refractivity contribution >= 4 is 16.6 Å². The lowest BCUT2D eigenvalue weighted by Gasteiger charge is -2.11. The Morgan fingerprint density at radius 2 is 2.11 bits per heavy atom. The van der Waals surface area contributed by atoms with Gasteiger partial charge in [-0.1, -0.05) is 25.1 Å². The molecule has 2 N–H and O–H groups in total. The van der Waals surface area contributed by atoms with Crippen molar-refractivity contribution in [1.29, 1.82) is 5.26 Å². The molecule has 0 bridgehead atoms. The lowest BCUT2D eigenvalue weighted by molar-refractivity contribution is 0.739. The van der Waals surface area contributed by atoms with Crippen LogP contribution < -0.4 is 10.6 Å². The highest BCUT2D eigenvalue weighted by atomic mass is 14.9. The monoisotopic (exact) mass is 240 g/mol. The number of nitrogens with one attached hydrogen (secondary N) is 2. The summed E-state index contributed by atoms with van der Waals surface area (Å²) in [6.45, 7) is 4.68. The number of hydrogen-bond acceptors (Lipinski definition) is 4. The second-order valence-corrected chi connectivity index (χ2v) is 3.96. The van der Waals surface area contributed by atoms with E-state index < -0.39 is 0 Å². The Morgan fingerprint density at radius 1 is 1.28 bits per heavy atom. The molecule has 0 spiro atoms. The van der Waals surface area contributed by atoms with Crippen LogP contribution in [-0.2, 0) is 0 Å². The molecule has 1 heterocycles. The predicted octanol–water partition coefficient (Wildman–Crippen LogP) is 2.13. The van der Waals surface area contributed by atoms with Crippen molar-refractivity contribution in [2.24, 2.45) is 0 Å². The van der Waals surface area contributed by atoms with Crippen LogP contribution in [0.4, 0.5) is 5.69 Å². The van der Waals surface area contributed by atoms with Gasteiger partial charge in [0.1, 0.15) is 6.07 Å². The number of anilines is 1. The number of fused-ring (bicyclic) bond motifs is 1. The zero-order chi connectivity index (χ0) is 12.8. The molecule has 1 aromatic heterocycles. The topological polar surface area (TPSA) is 60.7 Å². The predicted molar refractivity (Wildman–Crippen MR) is 73.5 cm³/mol. The van der Waals surface area contributed by atoms with Gasteiger partial charge >= 0.3 is 0 Å². The molecule has 4 heteroatoms. The lowest BCUT2D eigenvalue weighted by atomic mass is 10.1. The Kier molecular flexibility index (Phi) is 4.11. The maximum absolute atomic E-state index is 9.13. The number of aromatic nitrogens is 1. The Hall–Kier alpha value is -2.12. The minimum Gasteiger partial charge on any atom is -0.382 e. The standard InChI is InChI=1S/C14H16N4/c1-2-16-7-8-17-14-11(9-15)10-18-13-6-4-3-5-12(13)14/h3-6,10,16H,2,7-8H2,1H3,(H,17,18). The molecule has 0 fully saturated rings. The van der Waals surface area contributed by atoms with Gasteiger partial charge in [0.2, 0.25) is 0 Å². The normalized spacial score (nSPS) is 10.2. The van der Waals surface area contributed by atoms with Gasteiger partial charge in [0.15, 0.2) is 0 Å². The second kappa shape index (κ2) is 5.99. The summed E-state index contributed by atoms with van der Waals surface area (Å²) in [5, 5.41) is 16.7. The molecule has 2 rings (SSSR count). The molecule has 0 aliphatic rings. The summed E-state index contributed by atoms with van der Waals surface area (Å²) in [5.74, 6) is 0. The van der Waals surface area contributed by atoms with Crippen LogP contribution in [0.5, 0.6) is 0 Å². The summed E-state index contributed by atoms with van der Waals surface area (Å²) in [7, 11) is 0. The number of hydrogen-bond donors (Lipinski definition) is 2. The highest BCUT2D eigenvalue weighted by Crippen LogP contribution is 2.24. The third-order valence-electron chi connectivity index (χ3n) is 2.75. The number of likely N-dealkylation sites (N-methyl/N-ethyl adjacent to an activating group) is 1. The SMILES string of the molecule is CCNCCNc1c(C#N)cnc2ccccc12. The number of nitrogens with zero attached hydrogens (tertiary/aromatic N) is 2. The minimum absolute atomic E-state index is 0.588. The summed E-state index contributed by atoms with van der Waals surface area (Å²) in [5.41, 5.74) is 2.37. The first-order valence-corrected chi connectivity index (χ1v) is 6.09. The van der Waals surface area contributed by atoms with E-state index in [4.69, 9.17) is 5.26 Å². The van der Waals surface area contributed by atoms with E-state index in [2.05, 4.69) is 28.6 Å². The maximum Gasteiger partial charge on any atom is 0.103 e. The van der Waals surface area contributed by atoms with Crippen molar-refractivity contribution in [3.8, 4) is 6.07 Å². The van der Waals surface area contributed by atoms with Crippen molar-refractivity contribution in [3.05, 3.63) is 36.0 Å². The van der Waals surface area contributed by atoms with Crippen LogP contribution in [0.3, 0.4) is 0 Å². The molecule has 92 valence electrons. The van der Waals surface area contributed by atoms with Gasteiger partial charge in [-0.15, -0.1) is 0 Å². The van der Waals surface area contributed by atoms with E-state index in [1.807, 2.05) is 24.3 Å². The molecular weight excluding hydrogens is 224 g/mol. The van der Waals surface area contributed by atoms with E-state index in [0.717, 1.165) is 36.2 Å². The average Bonchev–Trinajstić information content (AvgIpc) is 2.43. The Morgan fingerprint density at radius 3 is 2.89 bits per heavy atom. The van der Waals surface area contributed by atoms with E-state index in [0.29, 0.717) is 5.56 Å². The second-order valence-electron chi connectivity index (χ2n) is 3.96. The Labute approximate surface area is 107 Å². The first kappa shape index (κ1) is 12.3. The van der Waals surface area contributed by atoms with Gasteiger partial charge < -0.3 is 10.6 Å². The van der Waals surface area contributed by atoms with Gasteiger partial charge in [-0.25, -0.2) is 0 Å². The molecule has 0 atom stereocenters. The molecule has 0 aliphatic carbocycles. The Bertz CT molecular complexity index is 572.